The zero-order chi connectivity index (χ0) is 21.0. The maximum absolute atomic E-state index is 11.0. The molecule has 29 heavy (non-hydrogen) atoms. The fourth-order valence-corrected chi connectivity index (χ4v) is 3.49. The summed E-state index contributed by atoms with van der Waals surface area (Å²) >= 11 is 0. The van der Waals surface area contributed by atoms with Crippen LogP contribution in [0.4, 0.5) is 0 Å². The van der Waals surface area contributed by atoms with Crippen molar-refractivity contribution in [2.24, 2.45) is 17.2 Å². The Morgan fingerprint density at radius 2 is 1.97 bits per heavy atom. The lowest BCUT2D eigenvalue weighted by Gasteiger charge is -2.36. The van der Waals surface area contributed by atoms with Gasteiger partial charge in [0.05, 0.1) is 12.3 Å². The van der Waals surface area contributed by atoms with Gasteiger partial charge in [-0.3, -0.25) is 4.79 Å². The van der Waals surface area contributed by atoms with Crippen LogP contribution in [-0.4, -0.2) is 36.0 Å². The van der Waals surface area contributed by atoms with Gasteiger partial charge in [0.2, 0.25) is 0 Å². The normalized spacial score (nSPS) is 17.1. The van der Waals surface area contributed by atoms with Crippen LogP contribution in [0.5, 0.6) is 5.75 Å². The molecule has 0 aromatic heterocycles. The number of para-hydroxylation sites is 1. The first-order valence-corrected chi connectivity index (χ1v) is 9.33. The van der Waals surface area contributed by atoms with Crippen molar-refractivity contribution in [1.82, 2.24) is 4.90 Å². The number of hydrogen-bond donors (Lipinski definition) is 4. The summed E-state index contributed by atoms with van der Waals surface area (Å²) < 4.78 is 5.96. The van der Waals surface area contributed by atoms with Gasteiger partial charge in [0.25, 0.3) is 0 Å². The number of morpholine rings is 1. The van der Waals surface area contributed by atoms with E-state index < -0.39 is 0 Å². The van der Waals surface area contributed by atoms with Gasteiger partial charge in [-0.1, -0.05) is 24.3 Å². The topological polar surface area (TPSA) is 128 Å². The van der Waals surface area contributed by atoms with Gasteiger partial charge in [-0.2, -0.15) is 0 Å². The van der Waals surface area contributed by atoms with E-state index in [-0.39, 0.29) is 17.7 Å². The van der Waals surface area contributed by atoms with Crippen molar-refractivity contribution in [3.05, 3.63) is 82.3 Å². The number of ether oxygens (including phenoxy) is 1. The number of phenolic OH excluding ortho intramolecular Hbond substituents is 1. The number of nitrogens with two attached hydrogens (primary N) is 3. The first-order valence-electron chi connectivity index (χ1n) is 9.33. The first kappa shape index (κ1) is 20.3. The number of rotatable bonds is 5. The van der Waals surface area contributed by atoms with Gasteiger partial charge in [-0.15, -0.1) is 0 Å². The van der Waals surface area contributed by atoms with Gasteiger partial charge >= 0.3 is 0 Å². The summed E-state index contributed by atoms with van der Waals surface area (Å²) in [6, 6.07) is 12.4. The molecule has 0 radical (unpaired) electrons. The summed E-state index contributed by atoms with van der Waals surface area (Å²) in [4.78, 5) is 13.0. The van der Waals surface area contributed by atoms with Crippen LogP contribution >= 0.6 is 0 Å². The highest BCUT2D eigenvalue weighted by atomic mass is 16.5. The number of carbonyl (C=O) groups excluding carboxylic acids is 1. The van der Waals surface area contributed by atoms with Crippen LogP contribution in [-0.2, 0) is 4.74 Å². The van der Waals surface area contributed by atoms with Crippen molar-refractivity contribution < 1.29 is 14.6 Å². The number of aromatic hydroxyl groups is 1. The lowest BCUT2D eigenvalue weighted by atomic mass is 9.99. The van der Waals surface area contributed by atoms with E-state index in [1.165, 1.54) is 0 Å². The highest BCUT2D eigenvalue weighted by Gasteiger charge is 2.25. The average molecular weight is 394 g/mol. The van der Waals surface area contributed by atoms with Gasteiger partial charge in [-0.25, -0.2) is 0 Å². The third kappa shape index (κ3) is 4.52. The van der Waals surface area contributed by atoms with Crippen molar-refractivity contribution in [3.63, 3.8) is 0 Å². The Morgan fingerprint density at radius 3 is 2.62 bits per heavy atom. The van der Waals surface area contributed by atoms with Crippen LogP contribution < -0.4 is 17.2 Å². The Hall–Kier alpha value is -3.45. The Morgan fingerprint density at radius 1 is 1.21 bits per heavy atom. The van der Waals surface area contributed by atoms with Crippen LogP contribution in [0, 0.1) is 6.92 Å². The van der Waals surface area contributed by atoms with E-state index in [4.69, 9.17) is 21.9 Å². The molecule has 7 nitrogen and oxygen atoms in total. The Labute approximate surface area is 170 Å². The molecule has 7 N–H and O–H groups in total. The number of allylic oxidation sites excluding steroid dienone is 1. The zero-order valence-electron chi connectivity index (χ0n) is 16.3. The number of carbonyl (C=O) groups is 1. The summed E-state index contributed by atoms with van der Waals surface area (Å²) in [6.07, 6.45) is 2.31. The van der Waals surface area contributed by atoms with Crippen molar-refractivity contribution in [1.29, 1.82) is 0 Å². The molecule has 0 aliphatic carbocycles. The number of benzene rings is 2. The van der Waals surface area contributed by atoms with Crippen molar-refractivity contribution in [3.8, 4) is 5.75 Å². The maximum atomic E-state index is 11.0. The summed E-state index contributed by atoms with van der Waals surface area (Å²) in [5.74, 6) is 0.221. The molecule has 0 saturated carbocycles. The van der Waals surface area contributed by atoms with E-state index in [1.54, 1.807) is 36.4 Å². The quantitative estimate of drug-likeness (QED) is 0.451. The second kappa shape index (κ2) is 8.70. The molecule has 7 heteroatoms. The molecular formula is C22H26N4O3. The molecular weight excluding hydrogens is 368 g/mol. The summed E-state index contributed by atoms with van der Waals surface area (Å²) in [7, 11) is 0. The minimum Gasteiger partial charge on any atom is -0.507 e. The lowest BCUT2D eigenvalue weighted by Crippen LogP contribution is -2.39. The summed E-state index contributed by atoms with van der Waals surface area (Å²) in [5.41, 5.74) is 22.2. The predicted molar refractivity (Wildman–Crippen MR) is 113 cm³/mol. The van der Waals surface area contributed by atoms with Gasteiger partial charge < -0.3 is 31.9 Å². The zero-order valence-corrected chi connectivity index (χ0v) is 16.3. The molecule has 1 heterocycles. The highest BCUT2D eigenvalue weighted by molar-refractivity contribution is 5.75. The van der Waals surface area contributed by atoms with Gasteiger partial charge in [0, 0.05) is 29.9 Å². The predicted octanol–water partition coefficient (Wildman–Crippen LogP) is 1.97. The molecule has 0 bridgehead atoms. The van der Waals surface area contributed by atoms with E-state index in [1.807, 2.05) is 24.0 Å². The van der Waals surface area contributed by atoms with Gasteiger partial charge in [0.1, 0.15) is 24.0 Å². The molecule has 0 amide bonds. The molecule has 1 aliphatic heterocycles. The second-order valence-corrected chi connectivity index (χ2v) is 7.00. The van der Waals surface area contributed by atoms with Crippen LogP contribution in [0.15, 0.2) is 60.1 Å². The molecule has 2 aromatic carbocycles. The second-order valence-electron chi connectivity index (χ2n) is 7.00. The van der Waals surface area contributed by atoms with Crippen LogP contribution in [0.3, 0.4) is 0 Å². The van der Waals surface area contributed by atoms with E-state index in [9.17, 15) is 9.90 Å². The van der Waals surface area contributed by atoms with Crippen molar-refractivity contribution in [2.45, 2.75) is 13.0 Å². The third-order valence-corrected chi connectivity index (χ3v) is 4.99. The first-order chi connectivity index (χ1) is 13.9. The van der Waals surface area contributed by atoms with Crippen LogP contribution in [0.2, 0.25) is 0 Å². The number of aryl methyl sites for hydroxylation is 1. The number of nitrogens with zero attached hydrogens (tertiary/aromatic N) is 1. The average Bonchev–Trinajstić information content (AvgIpc) is 2.71. The molecule has 1 atom stereocenters. The standard InChI is InChI=1S/C22H26N4O3/c1-14-10-15(13-27)6-7-16(14)21-12-26(8-9-29-21)19(22(24)25)11-18(23)17-4-2-3-5-20(17)28/h2-7,10-11,13,21,28H,8-9,12,23-25H2,1H3/b18-11-. The number of phenols is 1. The van der Waals surface area contributed by atoms with Crippen molar-refractivity contribution >= 4 is 12.0 Å². The molecule has 1 aliphatic rings. The molecule has 0 spiro atoms. The van der Waals surface area contributed by atoms with Gasteiger partial charge in [0.15, 0.2) is 0 Å². The van der Waals surface area contributed by atoms with Crippen molar-refractivity contribution in [2.75, 3.05) is 19.7 Å². The van der Waals surface area contributed by atoms with E-state index in [2.05, 4.69) is 0 Å². The number of aldehydes is 1. The smallest absolute Gasteiger partial charge is 0.150 e. The Bertz CT molecular complexity index is 964. The third-order valence-electron chi connectivity index (χ3n) is 4.99. The molecule has 2 aromatic rings. The summed E-state index contributed by atoms with van der Waals surface area (Å²) in [5, 5.41) is 10.0. The largest absolute Gasteiger partial charge is 0.507 e. The molecule has 152 valence electrons. The fourth-order valence-electron chi connectivity index (χ4n) is 3.49. The SMILES string of the molecule is Cc1cc(C=O)ccc1C1CN(C(/C=C(\N)c2ccccc2O)=C(N)N)CCO1. The van der Waals surface area contributed by atoms with E-state index >= 15 is 0 Å². The molecule has 1 unspecified atom stereocenters. The lowest BCUT2D eigenvalue weighted by molar-refractivity contribution is -0.0175. The Kier molecular flexibility index (Phi) is 6.09. The minimum absolute atomic E-state index is 0.0851. The Balaban J connectivity index is 1.87. The highest BCUT2D eigenvalue weighted by Crippen LogP contribution is 2.29. The van der Waals surface area contributed by atoms with E-state index in [0.717, 1.165) is 17.4 Å². The fraction of sp³-hybridized carbons (Fsp3) is 0.227. The monoisotopic (exact) mass is 394 g/mol. The molecule has 3 rings (SSSR count). The van der Waals surface area contributed by atoms with E-state index in [0.29, 0.717) is 42.2 Å². The van der Waals surface area contributed by atoms with Crippen LogP contribution in [0.25, 0.3) is 5.70 Å². The summed E-state index contributed by atoms with van der Waals surface area (Å²) in [6.45, 7) is 3.56. The maximum Gasteiger partial charge on any atom is 0.150 e. The van der Waals surface area contributed by atoms with Gasteiger partial charge in [-0.05, 0) is 42.3 Å². The minimum atomic E-state index is -0.196. The molecule has 1 saturated heterocycles. The number of hydrogen-bond acceptors (Lipinski definition) is 7. The van der Waals surface area contributed by atoms with Crippen LogP contribution in [0.1, 0.15) is 33.2 Å². The molecule has 1 fully saturated rings.